The van der Waals surface area contributed by atoms with Gasteiger partial charge in [-0.2, -0.15) is 0 Å². The van der Waals surface area contributed by atoms with E-state index >= 15 is 0 Å². The van der Waals surface area contributed by atoms with Crippen LogP contribution in [0.25, 0.3) is 0 Å². The first-order valence-electron chi connectivity index (χ1n) is 8.95. The Bertz CT molecular complexity index is 379. The molecule has 5 aliphatic rings. The smallest absolute Gasteiger partial charge is 0.317 e. The molecule has 4 aliphatic carbocycles. The monoisotopic (exact) mass is 291 g/mol. The van der Waals surface area contributed by atoms with Crippen molar-refractivity contribution < 1.29 is 4.79 Å². The van der Waals surface area contributed by atoms with E-state index in [0.29, 0.717) is 0 Å². The van der Waals surface area contributed by atoms with E-state index in [1.807, 2.05) is 4.90 Å². The van der Waals surface area contributed by atoms with Crippen LogP contribution in [0.2, 0.25) is 0 Å². The number of hydrogen-bond acceptors (Lipinski definition) is 2. The fraction of sp³-hybridized carbons (Fsp3) is 0.941. The first-order valence-corrected chi connectivity index (χ1v) is 8.95. The molecule has 21 heavy (non-hydrogen) atoms. The van der Waals surface area contributed by atoms with Gasteiger partial charge < -0.3 is 15.1 Å². The number of likely N-dealkylation sites (N-methyl/N-ethyl adjacent to an activating group) is 1. The number of carbonyl (C=O) groups is 1. The van der Waals surface area contributed by atoms with Crippen molar-refractivity contribution in [3.8, 4) is 0 Å². The van der Waals surface area contributed by atoms with E-state index in [1.165, 1.54) is 38.5 Å². The Kier molecular flexibility index (Phi) is 3.40. The fourth-order valence-electron chi connectivity index (χ4n) is 5.84. The number of nitrogens with zero attached hydrogens (tertiary/aromatic N) is 2. The zero-order valence-corrected chi connectivity index (χ0v) is 13.3. The van der Waals surface area contributed by atoms with Crippen molar-refractivity contribution in [1.82, 2.24) is 15.1 Å². The first kappa shape index (κ1) is 13.9. The maximum absolute atomic E-state index is 12.7. The molecule has 1 aliphatic heterocycles. The van der Waals surface area contributed by atoms with Crippen molar-refractivity contribution >= 4 is 6.03 Å². The van der Waals surface area contributed by atoms with Gasteiger partial charge in [-0.05, 0) is 62.8 Å². The van der Waals surface area contributed by atoms with Crippen LogP contribution in [-0.2, 0) is 0 Å². The van der Waals surface area contributed by atoms with Crippen molar-refractivity contribution in [2.45, 2.75) is 51.0 Å². The van der Waals surface area contributed by atoms with Gasteiger partial charge in [-0.15, -0.1) is 0 Å². The minimum atomic E-state index is 0.160. The van der Waals surface area contributed by atoms with Crippen LogP contribution in [0, 0.1) is 17.8 Å². The van der Waals surface area contributed by atoms with Gasteiger partial charge >= 0.3 is 6.03 Å². The molecule has 0 aromatic rings. The topological polar surface area (TPSA) is 35.6 Å². The largest absolute Gasteiger partial charge is 0.333 e. The average molecular weight is 291 g/mol. The Morgan fingerprint density at radius 2 is 1.52 bits per heavy atom. The summed E-state index contributed by atoms with van der Waals surface area (Å²) in [6.45, 7) is 7.16. The van der Waals surface area contributed by atoms with Crippen LogP contribution < -0.4 is 5.32 Å². The van der Waals surface area contributed by atoms with Gasteiger partial charge in [0.25, 0.3) is 0 Å². The quantitative estimate of drug-likeness (QED) is 0.847. The maximum Gasteiger partial charge on any atom is 0.317 e. The van der Waals surface area contributed by atoms with E-state index in [9.17, 15) is 4.79 Å². The number of piperazine rings is 1. The van der Waals surface area contributed by atoms with Gasteiger partial charge in [0.2, 0.25) is 0 Å². The SMILES string of the molecule is CCN1CCN(C(=O)NC23CC4CC(CC(C4)C2)C3)CC1. The number of carbonyl (C=O) groups excluding carboxylic acids is 1. The molecule has 4 saturated carbocycles. The minimum absolute atomic E-state index is 0.160. The number of hydrogen-bond donors (Lipinski definition) is 1. The highest BCUT2D eigenvalue weighted by molar-refractivity contribution is 5.75. The third kappa shape index (κ3) is 2.56. The summed E-state index contributed by atoms with van der Waals surface area (Å²) in [6.07, 6.45) is 8.05. The lowest BCUT2D eigenvalue weighted by molar-refractivity contribution is -0.0164. The van der Waals surface area contributed by atoms with Crippen molar-refractivity contribution in [3.63, 3.8) is 0 Å². The zero-order chi connectivity index (χ0) is 14.4. The van der Waals surface area contributed by atoms with Gasteiger partial charge in [0.05, 0.1) is 0 Å². The van der Waals surface area contributed by atoms with E-state index in [2.05, 4.69) is 17.1 Å². The number of urea groups is 1. The number of nitrogens with one attached hydrogen (secondary N) is 1. The molecule has 4 nitrogen and oxygen atoms in total. The van der Waals surface area contributed by atoms with E-state index < -0.39 is 0 Å². The molecule has 5 fully saturated rings. The molecule has 2 amide bonds. The molecular weight excluding hydrogens is 262 g/mol. The highest BCUT2D eigenvalue weighted by atomic mass is 16.2. The Balaban J connectivity index is 1.38. The summed E-state index contributed by atoms with van der Waals surface area (Å²) in [5, 5.41) is 3.50. The van der Waals surface area contributed by atoms with Crippen molar-refractivity contribution in [3.05, 3.63) is 0 Å². The van der Waals surface area contributed by atoms with Gasteiger partial charge in [-0.3, -0.25) is 0 Å². The van der Waals surface area contributed by atoms with Crippen LogP contribution in [0.3, 0.4) is 0 Å². The third-order valence-electron chi connectivity index (χ3n) is 6.52. The van der Waals surface area contributed by atoms with Crippen LogP contribution >= 0.6 is 0 Å². The van der Waals surface area contributed by atoms with E-state index in [4.69, 9.17) is 0 Å². The lowest BCUT2D eigenvalue weighted by Gasteiger charge is -2.57. The highest BCUT2D eigenvalue weighted by Crippen LogP contribution is 2.55. The van der Waals surface area contributed by atoms with E-state index in [0.717, 1.165) is 50.5 Å². The Labute approximate surface area is 128 Å². The van der Waals surface area contributed by atoms with Crippen LogP contribution in [-0.4, -0.2) is 54.1 Å². The molecule has 0 unspecified atom stereocenters. The molecular formula is C17H29N3O. The Morgan fingerprint density at radius 3 is 2.00 bits per heavy atom. The third-order valence-corrected chi connectivity index (χ3v) is 6.52. The lowest BCUT2D eigenvalue weighted by Crippen LogP contribution is -2.63. The summed E-state index contributed by atoms with van der Waals surface area (Å²) in [5.74, 6) is 2.69. The summed E-state index contributed by atoms with van der Waals surface area (Å²) < 4.78 is 0. The van der Waals surface area contributed by atoms with Crippen LogP contribution in [0.1, 0.15) is 45.4 Å². The Morgan fingerprint density at radius 1 is 1.00 bits per heavy atom. The molecule has 0 atom stereocenters. The molecule has 0 aromatic carbocycles. The molecule has 1 N–H and O–H groups in total. The normalized spacial score (nSPS) is 42.3. The summed E-state index contributed by atoms with van der Waals surface area (Å²) in [7, 11) is 0. The first-order chi connectivity index (χ1) is 10.2. The van der Waals surface area contributed by atoms with Crippen molar-refractivity contribution in [2.24, 2.45) is 17.8 Å². The van der Waals surface area contributed by atoms with Crippen LogP contribution in [0.5, 0.6) is 0 Å². The minimum Gasteiger partial charge on any atom is -0.333 e. The molecule has 1 heterocycles. The molecule has 0 spiro atoms. The second-order valence-corrected chi connectivity index (χ2v) is 8.05. The molecule has 4 bridgehead atoms. The molecule has 1 saturated heterocycles. The summed E-state index contributed by atoms with van der Waals surface area (Å²) in [4.78, 5) is 17.1. The summed E-state index contributed by atoms with van der Waals surface area (Å²) in [5.41, 5.74) is 0.160. The van der Waals surface area contributed by atoms with Gasteiger partial charge in [-0.25, -0.2) is 4.79 Å². The molecule has 0 aromatic heterocycles. The van der Waals surface area contributed by atoms with Gasteiger partial charge in [-0.1, -0.05) is 6.92 Å². The van der Waals surface area contributed by atoms with E-state index in [-0.39, 0.29) is 11.6 Å². The van der Waals surface area contributed by atoms with E-state index in [1.54, 1.807) is 0 Å². The predicted molar refractivity (Wildman–Crippen MR) is 83.1 cm³/mol. The van der Waals surface area contributed by atoms with Crippen molar-refractivity contribution in [1.29, 1.82) is 0 Å². The van der Waals surface area contributed by atoms with Gasteiger partial charge in [0.1, 0.15) is 0 Å². The van der Waals surface area contributed by atoms with Gasteiger partial charge in [0, 0.05) is 31.7 Å². The maximum atomic E-state index is 12.7. The zero-order valence-electron chi connectivity index (χ0n) is 13.3. The number of amides is 2. The van der Waals surface area contributed by atoms with Crippen LogP contribution in [0.15, 0.2) is 0 Å². The second-order valence-electron chi connectivity index (χ2n) is 8.05. The Hall–Kier alpha value is -0.770. The average Bonchev–Trinajstić information content (AvgIpc) is 2.45. The summed E-state index contributed by atoms with van der Waals surface area (Å²) >= 11 is 0. The molecule has 0 radical (unpaired) electrons. The highest BCUT2D eigenvalue weighted by Gasteiger charge is 2.51. The lowest BCUT2D eigenvalue weighted by atomic mass is 9.53. The molecule has 118 valence electrons. The van der Waals surface area contributed by atoms with Crippen LogP contribution in [0.4, 0.5) is 4.79 Å². The second kappa shape index (κ2) is 5.15. The molecule has 5 rings (SSSR count). The number of rotatable bonds is 2. The summed E-state index contributed by atoms with van der Waals surface area (Å²) in [6, 6.07) is 0.215. The molecule has 4 heteroatoms. The van der Waals surface area contributed by atoms with Crippen molar-refractivity contribution in [2.75, 3.05) is 32.7 Å². The van der Waals surface area contributed by atoms with Gasteiger partial charge in [0.15, 0.2) is 0 Å². The fourth-order valence-corrected chi connectivity index (χ4v) is 5.84. The predicted octanol–water partition coefficient (Wildman–Crippen LogP) is 2.30. The standard InChI is InChI=1S/C17H29N3O/c1-2-19-3-5-20(6-4-19)16(21)18-17-10-13-7-14(11-17)9-15(8-13)12-17/h13-15H,2-12H2,1H3,(H,18,21).